The zero-order valence-corrected chi connectivity index (χ0v) is 12.4. The van der Waals surface area contributed by atoms with Crippen molar-refractivity contribution < 1.29 is 9.84 Å². The minimum Gasteiger partial charge on any atom is -0.389 e. The van der Waals surface area contributed by atoms with Crippen LogP contribution in [-0.4, -0.2) is 78.1 Å². The first kappa shape index (κ1) is 14.5. The third-order valence-corrected chi connectivity index (χ3v) is 4.10. The molecule has 0 bridgehead atoms. The first-order valence-electron chi connectivity index (χ1n) is 7.59. The summed E-state index contributed by atoms with van der Waals surface area (Å²) < 4.78 is 5.34. The third kappa shape index (κ3) is 3.25. The monoisotopic (exact) mass is 293 g/mol. The van der Waals surface area contributed by atoms with Crippen molar-refractivity contribution in [3.8, 4) is 0 Å². The Bertz CT molecular complexity index is 464. The Morgan fingerprint density at radius 3 is 2.81 bits per heavy atom. The lowest BCUT2D eigenvalue weighted by molar-refractivity contribution is 0.0784. The van der Waals surface area contributed by atoms with Gasteiger partial charge in [-0.3, -0.25) is 4.90 Å². The summed E-state index contributed by atoms with van der Waals surface area (Å²) in [7, 11) is 0. The molecule has 2 aliphatic rings. The first-order valence-corrected chi connectivity index (χ1v) is 7.59. The highest BCUT2D eigenvalue weighted by Gasteiger charge is 2.33. The summed E-state index contributed by atoms with van der Waals surface area (Å²) in [6.07, 6.45) is 1.44. The van der Waals surface area contributed by atoms with Crippen LogP contribution in [0.1, 0.15) is 6.92 Å². The van der Waals surface area contributed by atoms with Gasteiger partial charge >= 0.3 is 0 Å². The molecule has 0 aromatic carbocycles. The second-order valence-corrected chi connectivity index (χ2v) is 5.46. The maximum Gasteiger partial charge on any atom is 0.224 e. The van der Waals surface area contributed by atoms with Gasteiger partial charge in [0.2, 0.25) is 5.95 Å². The van der Waals surface area contributed by atoms with E-state index in [2.05, 4.69) is 25.1 Å². The Hall–Kier alpha value is -1.44. The topological polar surface area (TPSA) is 73.8 Å². The van der Waals surface area contributed by atoms with Crippen molar-refractivity contribution >= 4 is 11.8 Å². The maximum atomic E-state index is 9.91. The maximum absolute atomic E-state index is 9.91. The van der Waals surface area contributed by atoms with E-state index < -0.39 is 0 Å². The van der Waals surface area contributed by atoms with Crippen molar-refractivity contribution in [2.75, 3.05) is 56.2 Å². The van der Waals surface area contributed by atoms with Crippen LogP contribution in [-0.2, 0) is 4.74 Å². The van der Waals surface area contributed by atoms with Crippen LogP contribution in [0, 0.1) is 0 Å². The Kier molecular flexibility index (Phi) is 4.52. The summed E-state index contributed by atoms with van der Waals surface area (Å²) in [5, 5.41) is 13.0. The second kappa shape index (κ2) is 6.55. The number of nitrogens with zero attached hydrogens (tertiary/aromatic N) is 4. The Morgan fingerprint density at radius 2 is 2.14 bits per heavy atom. The molecule has 2 fully saturated rings. The fraction of sp³-hybridized carbons (Fsp3) is 0.714. The molecule has 2 atom stereocenters. The Labute approximate surface area is 124 Å². The number of anilines is 2. The van der Waals surface area contributed by atoms with E-state index in [9.17, 15) is 5.11 Å². The van der Waals surface area contributed by atoms with Gasteiger partial charge in [0.25, 0.3) is 0 Å². The summed E-state index contributed by atoms with van der Waals surface area (Å²) in [4.78, 5) is 13.3. The van der Waals surface area contributed by atoms with Crippen LogP contribution in [0.4, 0.5) is 11.8 Å². The van der Waals surface area contributed by atoms with Crippen LogP contribution in [0.3, 0.4) is 0 Å². The minimum atomic E-state index is -0.351. The lowest BCUT2D eigenvalue weighted by Gasteiger charge is -2.38. The van der Waals surface area contributed by atoms with Crippen LogP contribution >= 0.6 is 0 Å². The predicted octanol–water partition coefficient (Wildman–Crippen LogP) is -0.210. The molecule has 2 saturated heterocycles. The average molecular weight is 293 g/mol. The van der Waals surface area contributed by atoms with Crippen molar-refractivity contribution in [2.24, 2.45) is 0 Å². The van der Waals surface area contributed by atoms with Crippen LogP contribution in [0.15, 0.2) is 12.3 Å². The van der Waals surface area contributed by atoms with Gasteiger partial charge in [0.05, 0.1) is 25.4 Å². The molecule has 1 aromatic rings. The summed E-state index contributed by atoms with van der Waals surface area (Å²) in [6, 6.07) is 2.10. The number of piperazine rings is 1. The lowest BCUT2D eigenvalue weighted by atomic mass is 10.1. The molecule has 1 aromatic heterocycles. The molecule has 7 heteroatoms. The average Bonchev–Trinajstić information content (AvgIpc) is 2.94. The molecule has 0 aliphatic carbocycles. The molecule has 0 amide bonds. The van der Waals surface area contributed by atoms with Gasteiger partial charge in [0.15, 0.2) is 0 Å². The van der Waals surface area contributed by atoms with Gasteiger partial charge in [0.1, 0.15) is 5.82 Å². The molecule has 2 aliphatic heterocycles. The van der Waals surface area contributed by atoms with Crippen molar-refractivity contribution in [2.45, 2.75) is 19.1 Å². The van der Waals surface area contributed by atoms with E-state index in [0.29, 0.717) is 19.2 Å². The SMILES string of the molecule is CCNc1nccc(N2CCN(C3COCC3O)CC2)n1. The van der Waals surface area contributed by atoms with Gasteiger partial charge in [0, 0.05) is 38.9 Å². The lowest BCUT2D eigenvalue weighted by Crippen LogP contribution is -2.53. The summed E-state index contributed by atoms with van der Waals surface area (Å²) in [5.74, 6) is 1.64. The standard InChI is InChI=1S/C14H23N5O2/c1-2-15-14-16-4-3-13(17-14)19-7-5-18(6-8-19)11-9-21-10-12(11)20/h3-4,11-12,20H,2,5-10H2,1H3,(H,15,16,17). The van der Waals surface area contributed by atoms with Crippen LogP contribution in [0.25, 0.3) is 0 Å². The molecular weight excluding hydrogens is 270 g/mol. The molecule has 0 radical (unpaired) electrons. The second-order valence-electron chi connectivity index (χ2n) is 5.46. The first-order chi connectivity index (χ1) is 10.3. The third-order valence-electron chi connectivity index (χ3n) is 4.10. The van der Waals surface area contributed by atoms with Crippen molar-refractivity contribution in [3.63, 3.8) is 0 Å². The fourth-order valence-corrected chi connectivity index (χ4v) is 2.93. The zero-order valence-electron chi connectivity index (χ0n) is 12.4. The summed E-state index contributed by atoms with van der Waals surface area (Å²) in [6.45, 7) is 7.61. The quantitative estimate of drug-likeness (QED) is 0.795. The van der Waals surface area contributed by atoms with E-state index in [1.807, 2.05) is 13.0 Å². The van der Waals surface area contributed by atoms with Gasteiger partial charge in [-0.15, -0.1) is 0 Å². The van der Waals surface area contributed by atoms with E-state index in [-0.39, 0.29) is 12.1 Å². The largest absolute Gasteiger partial charge is 0.389 e. The van der Waals surface area contributed by atoms with Crippen LogP contribution < -0.4 is 10.2 Å². The number of nitrogens with one attached hydrogen (secondary N) is 1. The number of aliphatic hydroxyl groups is 1. The van der Waals surface area contributed by atoms with E-state index in [1.54, 1.807) is 6.20 Å². The van der Waals surface area contributed by atoms with E-state index in [4.69, 9.17) is 4.74 Å². The molecule has 0 saturated carbocycles. The number of ether oxygens (including phenoxy) is 1. The van der Waals surface area contributed by atoms with Crippen molar-refractivity contribution in [1.82, 2.24) is 14.9 Å². The van der Waals surface area contributed by atoms with E-state index >= 15 is 0 Å². The van der Waals surface area contributed by atoms with Crippen LogP contribution in [0.5, 0.6) is 0 Å². The smallest absolute Gasteiger partial charge is 0.224 e. The van der Waals surface area contributed by atoms with E-state index in [1.165, 1.54) is 0 Å². The highest BCUT2D eigenvalue weighted by atomic mass is 16.5. The van der Waals surface area contributed by atoms with Crippen molar-refractivity contribution in [3.05, 3.63) is 12.3 Å². The molecule has 21 heavy (non-hydrogen) atoms. The summed E-state index contributed by atoms with van der Waals surface area (Å²) >= 11 is 0. The zero-order chi connectivity index (χ0) is 14.7. The molecule has 7 nitrogen and oxygen atoms in total. The van der Waals surface area contributed by atoms with Gasteiger partial charge in [-0.1, -0.05) is 0 Å². The normalized spacial score (nSPS) is 27.0. The molecular formula is C14H23N5O2. The van der Waals surface area contributed by atoms with Gasteiger partial charge in [-0.05, 0) is 13.0 Å². The van der Waals surface area contributed by atoms with Gasteiger partial charge < -0.3 is 20.1 Å². The number of aliphatic hydroxyl groups excluding tert-OH is 1. The van der Waals surface area contributed by atoms with Crippen LogP contribution in [0.2, 0.25) is 0 Å². The summed E-state index contributed by atoms with van der Waals surface area (Å²) in [5.41, 5.74) is 0. The number of hydrogen-bond acceptors (Lipinski definition) is 7. The number of rotatable bonds is 4. The highest BCUT2D eigenvalue weighted by Crippen LogP contribution is 2.19. The van der Waals surface area contributed by atoms with Gasteiger partial charge in [-0.2, -0.15) is 4.98 Å². The minimum absolute atomic E-state index is 0.148. The number of aromatic nitrogens is 2. The Balaban J connectivity index is 1.59. The number of hydrogen-bond donors (Lipinski definition) is 2. The molecule has 0 spiro atoms. The van der Waals surface area contributed by atoms with E-state index in [0.717, 1.165) is 38.5 Å². The predicted molar refractivity (Wildman–Crippen MR) is 80.6 cm³/mol. The fourth-order valence-electron chi connectivity index (χ4n) is 2.93. The molecule has 116 valence electrons. The molecule has 3 rings (SSSR count). The highest BCUT2D eigenvalue weighted by molar-refractivity contribution is 5.42. The molecule has 2 N–H and O–H groups in total. The van der Waals surface area contributed by atoms with Crippen molar-refractivity contribution in [1.29, 1.82) is 0 Å². The Morgan fingerprint density at radius 1 is 1.33 bits per heavy atom. The molecule has 3 heterocycles. The van der Waals surface area contributed by atoms with Gasteiger partial charge in [-0.25, -0.2) is 4.98 Å². The molecule has 2 unspecified atom stereocenters.